The molecule has 2 aromatic rings. The van der Waals surface area contributed by atoms with Crippen LogP contribution in [0.25, 0.3) is 0 Å². The summed E-state index contributed by atoms with van der Waals surface area (Å²) in [5.74, 6) is -0.199. The normalized spacial score (nSPS) is 11.5. The molecule has 0 unspecified atom stereocenters. The molecule has 6 nitrogen and oxygen atoms in total. The minimum Gasteiger partial charge on any atom is -0.352 e. The second kappa shape index (κ2) is 10.3. The maximum atomic E-state index is 12.4. The van der Waals surface area contributed by atoms with E-state index in [1.54, 1.807) is 42.5 Å². The van der Waals surface area contributed by atoms with Gasteiger partial charge in [-0.1, -0.05) is 29.3 Å². The third-order valence-corrected chi connectivity index (χ3v) is 6.10. The molecule has 29 heavy (non-hydrogen) atoms. The number of rotatable bonds is 9. The number of carbonyl (C=O) groups is 1. The van der Waals surface area contributed by atoms with Gasteiger partial charge in [0.2, 0.25) is 10.0 Å². The highest BCUT2D eigenvalue weighted by Gasteiger charge is 2.21. The zero-order valence-corrected chi connectivity index (χ0v) is 19.0. The molecule has 2 rings (SSSR count). The van der Waals surface area contributed by atoms with Crippen LogP contribution in [0.5, 0.6) is 0 Å². The summed E-state index contributed by atoms with van der Waals surface area (Å²) >= 11 is 12.4. The number of hydrogen-bond donors (Lipinski definition) is 1. The van der Waals surface area contributed by atoms with E-state index in [0.29, 0.717) is 33.4 Å². The fraction of sp³-hybridized carbons (Fsp3) is 0.350. The van der Waals surface area contributed by atoms with Gasteiger partial charge < -0.3 is 10.2 Å². The van der Waals surface area contributed by atoms with Gasteiger partial charge in [0, 0.05) is 27.7 Å². The Bertz CT molecular complexity index is 928. The molecule has 0 spiro atoms. The fourth-order valence-electron chi connectivity index (χ4n) is 2.71. The standard InChI is InChI=1S/C20H25Cl2N3O3S/c1-24(2)13-5-12-23-20(26)15-8-10-16(11-9-15)25(29(3,27)28)14-17-18(21)6-4-7-19(17)22/h4,6-11H,5,12-14H2,1-3H3,(H,23,26). The van der Waals surface area contributed by atoms with Crippen molar-refractivity contribution < 1.29 is 13.2 Å². The Morgan fingerprint density at radius 2 is 1.62 bits per heavy atom. The lowest BCUT2D eigenvalue weighted by molar-refractivity contribution is 0.0952. The topological polar surface area (TPSA) is 69.7 Å². The first kappa shape index (κ1) is 23.5. The van der Waals surface area contributed by atoms with Crippen LogP contribution in [-0.4, -0.2) is 52.7 Å². The van der Waals surface area contributed by atoms with Crippen molar-refractivity contribution in [2.24, 2.45) is 0 Å². The van der Waals surface area contributed by atoms with Crippen molar-refractivity contribution in [3.63, 3.8) is 0 Å². The van der Waals surface area contributed by atoms with Crippen LogP contribution in [0.3, 0.4) is 0 Å². The van der Waals surface area contributed by atoms with Gasteiger partial charge >= 0.3 is 0 Å². The summed E-state index contributed by atoms with van der Waals surface area (Å²) in [7, 11) is 0.354. The molecule has 0 fully saturated rings. The Kier molecular flexibility index (Phi) is 8.34. The number of amides is 1. The molecule has 0 aromatic heterocycles. The molecule has 0 heterocycles. The van der Waals surface area contributed by atoms with E-state index in [2.05, 4.69) is 5.32 Å². The lowest BCUT2D eigenvalue weighted by atomic mass is 10.1. The van der Waals surface area contributed by atoms with Gasteiger partial charge in [0.15, 0.2) is 0 Å². The van der Waals surface area contributed by atoms with Crippen molar-refractivity contribution in [3.05, 3.63) is 63.6 Å². The van der Waals surface area contributed by atoms with Crippen LogP contribution in [0.1, 0.15) is 22.3 Å². The van der Waals surface area contributed by atoms with Crippen molar-refractivity contribution in [2.45, 2.75) is 13.0 Å². The summed E-state index contributed by atoms with van der Waals surface area (Å²) in [6.45, 7) is 1.44. The highest BCUT2D eigenvalue weighted by atomic mass is 35.5. The van der Waals surface area contributed by atoms with E-state index in [0.717, 1.165) is 19.2 Å². The van der Waals surface area contributed by atoms with Gasteiger partial charge in [0.25, 0.3) is 5.91 Å². The Morgan fingerprint density at radius 1 is 1.03 bits per heavy atom. The van der Waals surface area contributed by atoms with Gasteiger partial charge in [-0.15, -0.1) is 0 Å². The van der Waals surface area contributed by atoms with Crippen molar-refractivity contribution in [1.29, 1.82) is 0 Å². The first-order chi connectivity index (χ1) is 13.6. The SMILES string of the molecule is CN(C)CCCNC(=O)c1ccc(N(Cc2c(Cl)cccc2Cl)S(C)(=O)=O)cc1. The summed E-state index contributed by atoms with van der Waals surface area (Å²) in [6, 6.07) is 11.4. The predicted molar refractivity (Wildman–Crippen MR) is 119 cm³/mol. The summed E-state index contributed by atoms with van der Waals surface area (Å²) < 4.78 is 25.9. The number of hydrogen-bond acceptors (Lipinski definition) is 4. The van der Waals surface area contributed by atoms with E-state index in [-0.39, 0.29) is 12.5 Å². The van der Waals surface area contributed by atoms with Crippen LogP contribution in [0.2, 0.25) is 10.0 Å². The summed E-state index contributed by atoms with van der Waals surface area (Å²) in [4.78, 5) is 14.3. The highest BCUT2D eigenvalue weighted by molar-refractivity contribution is 7.92. The summed E-state index contributed by atoms with van der Waals surface area (Å²) in [5, 5.41) is 3.63. The minimum absolute atomic E-state index is 0.00653. The lowest BCUT2D eigenvalue weighted by Crippen LogP contribution is -2.30. The second-order valence-corrected chi connectivity index (χ2v) is 9.65. The Hall–Kier alpha value is -1.80. The summed E-state index contributed by atoms with van der Waals surface area (Å²) in [5.41, 5.74) is 1.40. The Labute approximate surface area is 182 Å². The number of nitrogens with zero attached hydrogens (tertiary/aromatic N) is 2. The van der Waals surface area contributed by atoms with Crippen LogP contribution < -0.4 is 9.62 Å². The number of sulfonamides is 1. The van der Waals surface area contributed by atoms with Crippen molar-refractivity contribution in [1.82, 2.24) is 10.2 Å². The Morgan fingerprint density at radius 3 is 2.14 bits per heavy atom. The third kappa shape index (κ3) is 6.89. The molecule has 0 aliphatic rings. The average molecular weight is 458 g/mol. The predicted octanol–water partition coefficient (Wildman–Crippen LogP) is 3.64. The first-order valence-corrected chi connectivity index (χ1v) is 11.6. The molecule has 158 valence electrons. The molecule has 9 heteroatoms. The van der Waals surface area contributed by atoms with Gasteiger partial charge in [0.05, 0.1) is 18.5 Å². The van der Waals surface area contributed by atoms with Crippen LogP contribution in [0.4, 0.5) is 5.69 Å². The van der Waals surface area contributed by atoms with Gasteiger partial charge in [0.1, 0.15) is 0 Å². The Balaban J connectivity index is 2.16. The number of carbonyl (C=O) groups excluding carboxylic acids is 1. The number of nitrogens with one attached hydrogen (secondary N) is 1. The number of benzene rings is 2. The molecule has 0 saturated carbocycles. The van der Waals surface area contributed by atoms with Crippen LogP contribution >= 0.6 is 23.2 Å². The molecule has 0 aliphatic carbocycles. The van der Waals surface area contributed by atoms with Gasteiger partial charge in [-0.2, -0.15) is 0 Å². The van der Waals surface area contributed by atoms with E-state index in [9.17, 15) is 13.2 Å². The zero-order valence-electron chi connectivity index (χ0n) is 16.7. The monoisotopic (exact) mass is 457 g/mol. The quantitative estimate of drug-likeness (QED) is 0.583. The average Bonchev–Trinajstić information content (AvgIpc) is 2.64. The number of anilines is 1. The van der Waals surface area contributed by atoms with E-state index in [4.69, 9.17) is 23.2 Å². The second-order valence-electron chi connectivity index (χ2n) is 6.93. The molecule has 1 amide bonds. The molecule has 0 saturated heterocycles. The van der Waals surface area contributed by atoms with E-state index < -0.39 is 10.0 Å². The molecule has 0 aliphatic heterocycles. The molecule has 2 aromatic carbocycles. The van der Waals surface area contributed by atoms with Crippen molar-refractivity contribution >= 4 is 44.8 Å². The van der Waals surface area contributed by atoms with Gasteiger partial charge in [-0.3, -0.25) is 9.10 Å². The lowest BCUT2D eigenvalue weighted by Gasteiger charge is -2.23. The third-order valence-electron chi connectivity index (χ3n) is 4.25. The van der Waals surface area contributed by atoms with Crippen LogP contribution in [0, 0.1) is 0 Å². The van der Waals surface area contributed by atoms with E-state index >= 15 is 0 Å². The zero-order chi connectivity index (χ0) is 21.6. The molecular formula is C20H25Cl2N3O3S. The van der Waals surface area contributed by atoms with Crippen molar-refractivity contribution in [3.8, 4) is 0 Å². The van der Waals surface area contributed by atoms with E-state index in [1.165, 1.54) is 4.31 Å². The minimum atomic E-state index is -3.60. The molecule has 1 N–H and O–H groups in total. The highest BCUT2D eigenvalue weighted by Crippen LogP contribution is 2.29. The van der Waals surface area contributed by atoms with Crippen LogP contribution in [0.15, 0.2) is 42.5 Å². The maximum Gasteiger partial charge on any atom is 0.251 e. The number of halogens is 2. The molecular weight excluding hydrogens is 433 g/mol. The molecule has 0 atom stereocenters. The van der Waals surface area contributed by atoms with Gasteiger partial charge in [-0.05, 0) is 63.5 Å². The fourth-order valence-corrected chi connectivity index (χ4v) is 4.09. The largest absolute Gasteiger partial charge is 0.352 e. The first-order valence-electron chi connectivity index (χ1n) is 9.03. The molecule has 0 radical (unpaired) electrons. The van der Waals surface area contributed by atoms with E-state index in [1.807, 2.05) is 19.0 Å². The molecule has 0 bridgehead atoms. The smallest absolute Gasteiger partial charge is 0.251 e. The maximum absolute atomic E-state index is 12.4. The van der Waals surface area contributed by atoms with Gasteiger partial charge in [-0.25, -0.2) is 8.42 Å². The van der Waals surface area contributed by atoms with Crippen molar-refractivity contribution in [2.75, 3.05) is 37.7 Å². The van der Waals surface area contributed by atoms with Crippen LogP contribution in [-0.2, 0) is 16.6 Å². The summed E-state index contributed by atoms with van der Waals surface area (Å²) in [6.07, 6.45) is 1.96.